The fourth-order valence-electron chi connectivity index (χ4n) is 2.81. The Morgan fingerprint density at radius 1 is 1.40 bits per heavy atom. The highest BCUT2D eigenvalue weighted by molar-refractivity contribution is 5.64. The van der Waals surface area contributed by atoms with Crippen LogP contribution in [-0.2, 0) is 0 Å². The molecule has 3 rings (SSSR count). The van der Waals surface area contributed by atoms with Crippen LogP contribution in [0.5, 0.6) is 0 Å². The minimum Gasteiger partial charge on any atom is -0.382 e. The summed E-state index contributed by atoms with van der Waals surface area (Å²) in [5, 5.41) is 3.39. The molecule has 1 aliphatic heterocycles. The molecule has 1 aliphatic rings. The van der Waals surface area contributed by atoms with Crippen molar-refractivity contribution < 1.29 is 0 Å². The third-order valence-corrected chi connectivity index (χ3v) is 3.78. The van der Waals surface area contributed by atoms with Gasteiger partial charge in [0.2, 0.25) is 0 Å². The van der Waals surface area contributed by atoms with Crippen molar-refractivity contribution in [2.45, 2.75) is 19.8 Å². The van der Waals surface area contributed by atoms with Crippen LogP contribution in [0.15, 0.2) is 18.6 Å². The summed E-state index contributed by atoms with van der Waals surface area (Å²) in [5.74, 6) is 1.85. The maximum Gasteiger partial charge on any atom is 0.180 e. The van der Waals surface area contributed by atoms with Gasteiger partial charge < -0.3 is 20.4 Å². The van der Waals surface area contributed by atoms with Crippen LogP contribution in [0.3, 0.4) is 0 Å². The smallest absolute Gasteiger partial charge is 0.180 e. The lowest BCUT2D eigenvalue weighted by Gasteiger charge is -2.20. The van der Waals surface area contributed by atoms with E-state index in [4.69, 9.17) is 5.73 Å². The molecule has 2 aromatic heterocycles. The van der Waals surface area contributed by atoms with Crippen LogP contribution >= 0.6 is 0 Å². The van der Waals surface area contributed by atoms with Gasteiger partial charge in [-0.05, 0) is 31.8 Å². The predicted molar refractivity (Wildman–Crippen MR) is 80.7 cm³/mol. The number of hydrogen-bond acceptors (Lipinski definition) is 5. The summed E-state index contributed by atoms with van der Waals surface area (Å²) in [6, 6.07) is 0. The fourth-order valence-corrected chi connectivity index (χ4v) is 2.81. The van der Waals surface area contributed by atoms with E-state index in [1.54, 1.807) is 12.4 Å². The van der Waals surface area contributed by atoms with E-state index in [9.17, 15) is 0 Å². The first-order valence-electron chi connectivity index (χ1n) is 7.28. The normalized spacial score (nSPS) is 17.6. The largest absolute Gasteiger partial charge is 0.382 e. The molecule has 1 atom stereocenters. The molecule has 1 saturated heterocycles. The molecular formula is C14H22N6. The van der Waals surface area contributed by atoms with Crippen molar-refractivity contribution >= 4 is 17.3 Å². The van der Waals surface area contributed by atoms with E-state index in [1.165, 1.54) is 25.9 Å². The predicted octanol–water partition coefficient (Wildman–Crippen LogP) is 1.46. The second-order valence-corrected chi connectivity index (χ2v) is 5.67. The van der Waals surface area contributed by atoms with Gasteiger partial charge in [-0.3, -0.25) is 0 Å². The van der Waals surface area contributed by atoms with Crippen LogP contribution < -0.4 is 11.1 Å². The molecule has 1 unspecified atom stereocenters. The highest BCUT2D eigenvalue weighted by Gasteiger charge is 2.15. The van der Waals surface area contributed by atoms with Crippen molar-refractivity contribution in [1.29, 1.82) is 0 Å². The van der Waals surface area contributed by atoms with Crippen LogP contribution in [0.4, 0.5) is 11.6 Å². The zero-order valence-corrected chi connectivity index (χ0v) is 11.9. The first-order valence-corrected chi connectivity index (χ1v) is 7.28. The van der Waals surface area contributed by atoms with Gasteiger partial charge in [0.1, 0.15) is 5.82 Å². The Hall–Kier alpha value is -1.82. The molecule has 3 heterocycles. The molecule has 6 nitrogen and oxygen atoms in total. The van der Waals surface area contributed by atoms with E-state index in [1.807, 2.05) is 10.6 Å². The van der Waals surface area contributed by atoms with Gasteiger partial charge in [0.25, 0.3) is 0 Å². The molecule has 0 amide bonds. The Morgan fingerprint density at radius 2 is 2.20 bits per heavy atom. The molecular weight excluding hydrogens is 252 g/mol. The van der Waals surface area contributed by atoms with Gasteiger partial charge in [-0.1, -0.05) is 6.92 Å². The number of rotatable bonds is 5. The molecule has 0 radical (unpaired) electrons. The first kappa shape index (κ1) is 13.2. The molecule has 0 aromatic carbocycles. The van der Waals surface area contributed by atoms with Gasteiger partial charge in [0.05, 0.1) is 6.20 Å². The summed E-state index contributed by atoms with van der Waals surface area (Å²) >= 11 is 0. The van der Waals surface area contributed by atoms with Crippen LogP contribution in [0.2, 0.25) is 0 Å². The standard InChI is InChI=1S/C14H22N6/c1-11(9-19-5-2-3-6-19)8-17-13-14-16-4-7-20(14)10-12(15)18-13/h4,7,10-11H,2-3,5-6,8-9,15H2,1H3,(H,17,18). The van der Waals surface area contributed by atoms with Crippen LogP contribution in [-0.4, -0.2) is 45.4 Å². The van der Waals surface area contributed by atoms with E-state index >= 15 is 0 Å². The molecule has 1 fully saturated rings. The third kappa shape index (κ3) is 2.85. The molecule has 6 heteroatoms. The van der Waals surface area contributed by atoms with Gasteiger partial charge in [-0.15, -0.1) is 0 Å². The zero-order valence-electron chi connectivity index (χ0n) is 11.9. The third-order valence-electron chi connectivity index (χ3n) is 3.78. The lowest BCUT2D eigenvalue weighted by atomic mass is 10.1. The SMILES string of the molecule is CC(CNc1nc(N)cn2ccnc12)CN1CCCC1. The quantitative estimate of drug-likeness (QED) is 0.863. The van der Waals surface area contributed by atoms with E-state index in [2.05, 4.69) is 27.1 Å². The highest BCUT2D eigenvalue weighted by Crippen LogP contribution is 2.16. The number of nitrogen functional groups attached to an aromatic ring is 1. The van der Waals surface area contributed by atoms with Crippen molar-refractivity contribution in [3.63, 3.8) is 0 Å². The number of imidazole rings is 1. The number of nitrogens with zero attached hydrogens (tertiary/aromatic N) is 4. The van der Waals surface area contributed by atoms with E-state index < -0.39 is 0 Å². The number of nitrogens with one attached hydrogen (secondary N) is 1. The maximum atomic E-state index is 5.81. The molecule has 0 aliphatic carbocycles. The number of anilines is 2. The summed E-state index contributed by atoms with van der Waals surface area (Å²) < 4.78 is 1.90. The topological polar surface area (TPSA) is 71.5 Å². The van der Waals surface area contributed by atoms with Crippen molar-refractivity contribution in [2.75, 3.05) is 37.2 Å². The Bertz CT molecular complexity index is 572. The lowest BCUT2D eigenvalue weighted by molar-refractivity contribution is 0.294. The van der Waals surface area contributed by atoms with Crippen molar-refractivity contribution in [2.24, 2.45) is 5.92 Å². The Balaban J connectivity index is 1.62. The number of nitrogens with two attached hydrogens (primary N) is 1. The number of likely N-dealkylation sites (tertiary alicyclic amines) is 1. The monoisotopic (exact) mass is 274 g/mol. The second-order valence-electron chi connectivity index (χ2n) is 5.67. The summed E-state index contributed by atoms with van der Waals surface area (Å²) in [7, 11) is 0. The first-order chi connectivity index (χ1) is 9.72. The number of aromatic nitrogens is 3. The van der Waals surface area contributed by atoms with Gasteiger partial charge in [-0.25, -0.2) is 9.97 Å². The average Bonchev–Trinajstić information content (AvgIpc) is 3.06. The summed E-state index contributed by atoms with van der Waals surface area (Å²) in [6.45, 7) is 6.77. The molecule has 3 N–H and O–H groups in total. The fraction of sp³-hybridized carbons (Fsp3) is 0.571. The number of hydrogen-bond donors (Lipinski definition) is 2. The van der Waals surface area contributed by atoms with Crippen LogP contribution in [0.1, 0.15) is 19.8 Å². The van der Waals surface area contributed by atoms with Crippen molar-refractivity contribution in [3.05, 3.63) is 18.6 Å². The molecule has 0 spiro atoms. The minimum atomic E-state index is 0.505. The summed E-state index contributed by atoms with van der Waals surface area (Å²) in [6.07, 6.45) is 8.10. The molecule has 108 valence electrons. The summed E-state index contributed by atoms with van der Waals surface area (Å²) in [4.78, 5) is 11.2. The van der Waals surface area contributed by atoms with Gasteiger partial charge >= 0.3 is 0 Å². The van der Waals surface area contributed by atoms with E-state index in [-0.39, 0.29) is 0 Å². The zero-order chi connectivity index (χ0) is 13.9. The van der Waals surface area contributed by atoms with Gasteiger partial charge in [-0.2, -0.15) is 0 Å². The van der Waals surface area contributed by atoms with Gasteiger partial charge in [0, 0.05) is 25.5 Å². The maximum absolute atomic E-state index is 5.81. The molecule has 20 heavy (non-hydrogen) atoms. The van der Waals surface area contributed by atoms with E-state index in [0.717, 1.165) is 24.6 Å². The minimum absolute atomic E-state index is 0.505. The van der Waals surface area contributed by atoms with Gasteiger partial charge in [0.15, 0.2) is 11.5 Å². The highest BCUT2D eigenvalue weighted by atomic mass is 15.2. The number of fused-ring (bicyclic) bond motifs is 1. The van der Waals surface area contributed by atoms with Crippen molar-refractivity contribution in [1.82, 2.24) is 19.3 Å². The van der Waals surface area contributed by atoms with Crippen LogP contribution in [0, 0.1) is 5.92 Å². The molecule has 2 aromatic rings. The van der Waals surface area contributed by atoms with Crippen LogP contribution in [0.25, 0.3) is 5.65 Å². The average molecular weight is 274 g/mol. The van der Waals surface area contributed by atoms with Crippen molar-refractivity contribution in [3.8, 4) is 0 Å². The Morgan fingerprint density at radius 3 is 3.00 bits per heavy atom. The Labute approximate surface area is 119 Å². The van der Waals surface area contributed by atoms with E-state index in [0.29, 0.717) is 11.7 Å². The lowest BCUT2D eigenvalue weighted by Crippen LogP contribution is -2.29. The second kappa shape index (κ2) is 5.66. The summed E-state index contributed by atoms with van der Waals surface area (Å²) in [5.41, 5.74) is 6.64. The Kier molecular flexibility index (Phi) is 3.73. The molecule has 0 saturated carbocycles. The molecule has 0 bridgehead atoms.